The first-order chi connectivity index (χ1) is 11.7. The Morgan fingerprint density at radius 3 is 1.76 bits per heavy atom. The van der Waals surface area contributed by atoms with Crippen LogP contribution in [0.5, 0.6) is 11.5 Å². The molecule has 0 amide bonds. The van der Waals surface area contributed by atoms with E-state index in [1.54, 1.807) is 0 Å². The van der Waals surface area contributed by atoms with Crippen molar-refractivity contribution < 1.29 is 10.2 Å². The minimum atomic E-state index is -0.0765. The van der Waals surface area contributed by atoms with Crippen molar-refractivity contribution in [3.63, 3.8) is 0 Å². The summed E-state index contributed by atoms with van der Waals surface area (Å²) in [6.45, 7) is 11.0. The fourth-order valence-electron chi connectivity index (χ4n) is 4.46. The lowest BCUT2D eigenvalue weighted by molar-refractivity contribution is 0.102. The maximum absolute atomic E-state index is 9.99. The summed E-state index contributed by atoms with van der Waals surface area (Å²) in [5.74, 6) is 1.38. The number of hydrogen-bond acceptors (Lipinski definition) is 2. The molecule has 1 unspecified atom stereocenters. The van der Waals surface area contributed by atoms with Gasteiger partial charge in [-0.1, -0.05) is 45.0 Å². The molecule has 0 bridgehead atoms. The van der Waals surface area contributed by atoms with Gasteiger partial charge in [0.05, 0.1) is 0 Å². The van der Waals surface area contributed by atoms with Crippen LogP contribution >= 0.6 is 0 Å². The normalized spacial score (nSPS) is 21.9. The summed E-state index contributed by atoms with van der Waals surface area (Å²) in [4.78, 5) is 0. The van der Waals surface area contributed by atoms with Gasteiger partial charge in [-0.3, -0.25) is 0 Å². The van der Waals surface area contributed by atoms with E-state index in [2.05, 4.69) is 45.0 Å². The number of phenols is 2. The molecule has 2 aromatic carbocycles. The van der Waals surface area contributed by atoms with Crippen LogP contribution in [-0.2, 0) is 5.41 Å². The average Bonchev–Trinajstić information content (AvgIpc) is 2.55. The molecule has 1 fully saturated rings. The lowest BCUT2D eigenvalue weighted by Crippen LogP contribution is -2.42. The number of phenolic OH excluding ortho intramolecular Hbond substituents is 2. The number of aryl methyl sites for hydroxylation is 2. The second-order valence-electron chi connectivity index (χ2n) is 8.69. The first kappa shape index (κ1) is 17.8. The maximum Gasteiger partial charge on any atom is 0.118 e. The van der Waals surface area contributed by atoms with Gasteiger partial charge in [0.15, 0.2) is 0 Å². The number of aromatic hydroxyl groups is 2. The summed E-state index contributed by atoms with van der Waals surface area (Å²) in [7, 11) is 0. The summed E-state index contributed by atoms with van der Waals surface area (Å²) in [5.41, 5.74) is 4.54. The molecule has 3 rings (SSSR count). The molecule has 0 aliphatic heterocycles. The van der Waals surface area contributed by atoms with E-state index >= 15 is 0 Å². The summed E-state index contributed by atoms with van der Waals surface area (Å²) >= 11 is 0. The van der Waals surface area contributed by atoms with E-state index in [-0.39, 0.29) is 10.8 Å². The van der Waals surface area contributed by atoms with E-state index in [4.69, 9.17) is 0 Å². The monoisotopic (exact) mass is 338 g/mol. The molecule has 1 atom stereocenters. The lowest BCUT2D eigenvalue weighted by Gasteiger charge is -2.49. The number of benzene rings is 2. The van der Waals surface area contributed by atoms with Crippen LogP contribution in [0.3, 0.4) is 0 Å². The third-order valence-corrected chi connectivity index (χ3v) is 6.59. The Balaban J connectivity index is 2.21. The van der Waals surface area contributed by atoms with Crippen LogP contribution in [0.1, 0.15) is 62.3 Å². The zero-order chi connectivity index (χ0) is 18.4. The minimum absolute atomic E-state index is 0.0765. The van der Waals surface area contributed by atoms with Gasteiger partial charge in [0.25, 0.3) is 0 Å². The van der Waals surface area contributed by atoms with Crippen LogP contribution < -0.4 is 0 Å². The van der Waals surface area contributed by atoms with Crippen LogP contribution in [0.4, 0.5) is 0 Å². The number of rotatable bonds is 2. The Labute approximate surface area is 151 Å². The molecular formula is C23H30O2. The molecule has 1 aliphatic rings. The quantitative estimate of drug-likeness (QED) is 0.721. The van der Waals surface area contributed by atoms with E-state index < -0.39 is 0 Å². The van der Waals surface area contributed by atoms with Crippen molar-refractivity contribution in [2.24, 2.45) is 11.3 Å². The molecule has 0 spiro atoms. The molecule has 0 heterocycles. The first-order valence-corrected chi connectivity index (χ1v) is 9.26. The van der Waals surface area contributed by atoms with Crippen molar-refractivity contribution in [3.8, 4) is 11.5 Å². The fourth-order valence-corrected chi connectivity index (χ4v) is 4.46. The van der Waals surface area contributed by atoms with Crippen LogP contribution in [0.2, 0.25) is 0 Å². The molecule has 0 radical (unpaired) electrons. The number of hydrogen-bond donors (Lipinski definition) is 2. The SMILES string of the molecule is Cc1cc(C2(c3ccc(O)c(C)c3)CCC(C)C(C)(C)C2)ccc1O. The topological polar surface area (TPSA) is 40.5 Å². The average molecular weight is 338 g/mol. The Morgan fingerprint density at radius 1 is 0.880 bits per heavy atom. The van der Waals surface area contributed by atoms with E-state index in [0.29, 0.717) is 17.4 Å². The smallest absolute Gasteiger partial charge is 0.118 e. The highest BCUT2D eigenvalue weighted by Crippen LogP contribution is 2.54. The van der Waals surface area contributed by atoms with Gasteiger partial charge in [0.2, 0.25) is 0 Å². The zero-order valence-electron chi connectivity index (χ0n) is 16.1. The molecule has 134 valence electrons. The van der Waals surface area contributed by atoms with E-state index in [9.17, 15) is 10.2 Å². The maximum atomic E-state index is 9.99. The molecule has 2 nitrogen and oxygen atoms in total. The van der Waals surface area contributed by atoms with Gasteiger partial charge in [-0.2, -0.15) is 0 Å². The lowest BCUT2D eigenvalue weighted by atomic mass is 9.55. The largest absolute Gasteiger partial charge is 0.508 e. The summed E-state index contributed by atoms with van der Waals surface area (Å²) in [6.07, 6.45) is 3.33. The Bertz CT molecular complexity index is 737. The van der Waals surface area contributed by atoms with Crippen molar-refractivity contribution in [1.82, 2.24) is 0 Å². The molecule has 2 N–H and O–H groups in total. The first-order valence-electron chi connectivity index (χ1n) is 9.26. The van der Waals surface area contributed by atoms with Gasteiger partial charge in [-0.05, 0) is 78.8 Å². The summed E-state index contributed by atoms with van der Waals surface area (Å²) in [6, 6.07) is 12.1. The summed E-state index contributed by atoms with van der Waals surface area (Å²) in [5, 5.41) is 20.0. The molecule has 2 heteroatoms. The fraction of sp³-hybridized carbons (Fsp3) is 0.478. The van der Waals surface area contributed by atoms with Gasteiger partial charge < -0.3 is 10.2 Å². The third kappa shape index (κ3) is 3.03. The van der Waals surface area contributed by atoms with E-state index in [0.717, 1.165) is 24.0 Å². The van der Waals surface area contributed by atoms with Gasteiger partial charge >= 0.3 is 0 Å². The van der Waals surface area contributed by atoms with Gasteiger partial charge in [-0.25, -0.2) is 0 Å². The van der Waals surface area contributed by atoms with Crippen molar-refractivity contribution in [1.29, 1.82) is 0 Å². The molecule has 0 saturated heterocycles. The van der Waals surface area contributed by atoms with Gasteiger partial charge in [0, 0.05) is 5.41 Å². The standard InChI is InChI=1S/C23H30O2/c1-15-12-18(6-8-20(15)24)23(11-10-17(3)22(4,5)14-23)19-7-9-21(25)16(2)13-19/h6-9,12-13,17,24-25H,10-11,14H2,1-5H3. The summed E-state index contributed by atoms with van der Waals surface area (Å²) < 4.78 is 0. The van der Waals surface area contributed by atoms with Gasteiger partial charge in [0.1, 0.15) is 11.5 Å². The highest BCUT2D eigenvalue weighted by molar-refractivity contribution is 5.48. The van der Waals surface area contributed by atoms with E-state index in [1.807, 2.05) is 26.0 Å². The van der Waals surface area contributed by atoms with Crippen LogP contribution in [0, 0.1) is 25.2 Å². The predicted octanol–water partition coefficient (Wildman–Crippen LogP) is 5.85. The molecule has 1 aliphatic carbocycles. The van der Waals surface area contributed by atoms with Crippen molar-refractivity contribution in [2.75, 3.05) is 0 Å². The van der Waals surface area contributed by atoms with Gasteiger partial charge in [-0.15, -0.1) is 0 Å². The van der Waals surface area contributed by atoms with Crippen LogP contribution in [-0.4, -0.2) is 10.2 Å². The van der Waals surface area contributed by atoms with E-state index in [1.165, 1.54) is 17.5 Å². The molecule has 1 saturated carbocycles. The Kier molecular flexibility index (Phi) is 4.35. The second-order valence-corrected chi connectivity index (χ2v) is 8.69. The van der Waals surface area contributed by atoms with Crippen molar-refractivity contribution >= 4 is 0 Å². The predicted molar refractivity (Wildman–Crippen MR) is 103 cm³/mol. The zero-order valence-corrected chi connectivity index (χ0v) is 16.1. The Hall–Kier alpha value is -1.96. The van der Waals surface area contributed by atoms with Crippen LogP contribution in [0.15, 0.2) is 36.4 Å². The molecule has 25 heavy (non-hydrogen) atoms. The Morgan fingerprint density at radius 2 is 1.36 bits per heavy atom. The highest BCUT2D eigenvalue weighted by Gasteiger charge is 2.45. The van der Waals surface area contributed by atoms with Crippen LogP contribution in [0.25, 0.3) is 0 Å². The molecule has 0 aromatic heterocycles. The highest BCUT2D eigenvalue weighted by atomic mass is 16.3. The third-order valence-electron chi connectivity index (χ3n) is 6.59. The molecule has 2 aromatic rings. The molecular weight excluding hydrogens is 308 g/mol. The minimum Gasteiger partial charge on any atom is -0.508 e. The van der Waals surface area contributed by atoms with Crippen molar-refractivity contribution in [3.05, 3.63) is 58.7 Å². The second kappa shape index (κ2) is 6.09. The van der Waals surface area contributed by atoms with Crippen molar-refractivity contribution in [2.45, 2.75) is 59.3 Å².